The van der Waals surface area contributed by atoms with E-state index in [9.17, 15) is 15.0 Å². The highest BCUT2D eigenvalue weighted by atomic mass is 16.3. The van der Waals surface area contributed by atoms with Gasteiger partial charge in [0, 0.05) is 17.2 Å². The third-order valence-electron chi connectivity index (χ3n) is 8.88. The summed E-state index contributed by atoms with van der Waals surface area (Å²) < 4.78 is 6.30. The molecule has 1 aromatic heterocycles. The molecule has 4 atom stereocenters. The highest BCUT2D eigenvalue weighted by molar-refractivity contribution is 5.90. The van der Waals surface area contributed by atoms with Crippen LogP contribution in [0.15, 0.2) is 45.6 Å². The smallest absolute Gasteiger partial charge is 0.192 e. The standard InChI is InChI=1S/C31H40N2O4/c1-3-22-14-8-10-16-32(22)19-24-29(35)25(20-33-17-11-9-15-23(33)4-2)31-28(30(24)36)26(34)18-27(37-31)21-12-6-5-7-13-21/h5-7,12-13,18,22-23,35-36H,3-4,8-11,14-17,19-20H2,1-2H3. The summed E-state index contributed by atoms with van der Waals surface area (Å²) >= 11 is 0. The fourth-order valence-electron chi connectivity index (χ4n) is 6.73. The molecule has 5 rings (SSSR count). The van der Waals surface area contributed by atoms with Crippen LogP contribution in [0, 0.1) is 0 Å². The maximum Gasteiger partial charge on any atom is 0.192 e. The Bertz CT molecular complexity index is 1290. The number of benzene rings is 2. The van der Waals surface area contributed by atoms with Crippen LogP contribution in [-0.4, -0.2) is 25.2 Å². The van der Waals surface area contributed by atoms with E-state index >= 15 is 0 Å². The lowest BCUT2D eigenvalue weighted by Gasteiger charge is -2.37. The normalized spacial score (nSPS) is 24.4. The van der Waals surface area contributed by atoms with Gasteiger partial charge in [0.05, 0.1) is 30.6 Å². The Morgan fingerprint density at radius 1 is 0.838 bits per heavy atom. The Kier molecular flexibility index (Phi) is 7.87. The maximum absolute atomic E-state index is 14.1. The molecule has 0 amide bonds. The van der Waals surface area contributed by atoms with E-state index in [1.54, 1.807) is 0 Å². The van der Waals surface area contributed by atoms with E-state index in [1.165, 1.54) is 28.7 Å². The Balaban J connectivity index is 1.67. The van der Waals surface area contributed by atoms with E-state index < -0.39 is 5.75 Å². The van der Waals surface area contributed by atoms with E-state index in [0.29, 0.717) is 36.5 Å². The van der Waals surface area contributed by atoms with Crippen molar-refractivity contribution in [2.75, 3.05) is 13.1 Å². The van der Waals surface area contributed by atoms with Gasteiger partial charge in [-0.15, -0.1) is 0 Å². The van der Waals surface area contributed by atoms with Gasteiger partial charge in [0.15, 0.2) is 5.43 Å². The van der Waals surface area contributed by atoms with Gasteiger partial charge in [-0.05, 0) is 56.9 Å². The highest BCUT2D eigenvalue weighted by Crippen LogP contribution is 2.36. The predicted octanol–water partition coefficient (Wildman–Crippen LogP) is 2.30. The van der Waals surface area contributed by atoms with Crippen LogP contribution in [0.25, 0.3) is 22.3 Å². The van der Waals surface area contributed by atoms with Gasteiger partial charge in [-0.25, -0.2) is 0 Å². The van der Waals surface area contributed by atoms with Gasteiger partial charge in [0.1, 0.15) is 24.4 Å². The van der Waals surface area contributed by atoms with Gasteiger partial charge < -0.3 is 24.4 Å². The average Bonchev–Trinajstić information content (AvgIpc) is 2.93. The molecule has 2 aromatic carbocycles. The van der Waals surface area contributed by atoms with Crippen molar-refractivity contribution < 1.29 is 24.4 Å². The second-order valence-corrected chi connectivity index (χ2v) is 11.0. The zero-order chi connectivity index (χ0) is 25.9. The fourth-order valence-corrected chi connectivity index (χ4v) is 6.73. The van der Waals surface area contributed by atoms with Crippen molar-refractivity contribution in [2.24, 2.45) is 0 Å². The second-order valence-electron chi connectivity index (χ2n) is 11.0. The van der Waals surface area contributed by atoms with E-state index in [0.717, 1.165) is 57.2 Å². The minimum Gasteiger partial charge on any atom is -0.872 e. The van der Waals surface area contributed by atoms with Crippen LogP contribution < -0.4 is 25.4 Å². The molecule has 2 saturated heterocycles. The summed E-state index contributed by atoms with van der Waals surface area (Å²) in [6, 6.07) is 11.8. The number of hydrogen-bond donors (Lipinski definition) is 2. The number of piperidine rings is 2. The molecule has 6 nitrogen and oxygen atoms in total. The summed E-state index contributed by atoms with van der Waals surface area (Å²) in [6.07, 6.45) is 8.96. The molecule has 3 aromatic rings. The Morgan fingerprint density at radius 2 is 1.43 bits per heavy atom. The van der Waals surface area contributed by atoms with Crippen LogP contribution in [0.1, 0.15) is 76.3 Å². The number of nitrogens with one attached hydrogen (secondary N) is 2. The Morgan fingerprint density at radius 3 is 2.03 bits per heavy atom. The summed E-state index contributed by atoms with van der Waals surface area (Å²) in [5, 5.41) is 27.9. The van der Waals surface area contributed by atoms with Crippen molar-refractivity contribution in [1.29, 1.82) is 0 Å². The third-order valence-corrected chi connectivity index (χ3v) is 8.88. The van der Waals surface area contributed by atoms with E-state index in [1.807, 2.05) is 30.3 Å². The van der Waals surface area contributed by atoms with Gasteiger partial charge in [-0.1, -0.05) is 55.7 Å². The number of fused-ring (bicyclic) bond motifs is 1. The molecule has 2 aliphatic heterocycles. The van der Waals surface area contributed by atoms with Gasteiger partial charge in [-0.3, -0.25) is 4.79 Å². The van der Waals surface area contributed by atoms with Crippen molar-refractivity contribution in [3.8, 4) is 22.8 Å². The van der Waals surface area contributed by atoms with Crippen molar-refractivity contribution in [1.82, 2.24) is 0 Å². The molecule has 198 valence electrons. The van der Waals surface area contributed by atoms with E-state index in [4.69, 9.17) is 4.42 Å². The zero-order valence-corrected chi connectivity index (χ0v) is 22.2. The SMILES string of the molecule is CCC1CCCC[NH+]1Cc1c([O-])c(C[NH+]2CCCCC2CC)c2oc(-c3ccccc3)cc(=O)c2c1[O-]. The predicted molar refractivity (Wildman–Crippen MR) is 142 cm³/mol. The van der Waals surface area contributed by atoms with Crippen LogP contribution in [0.2, 0.25) is 0 Å². The summed E-state index contributed by atoms with van der Waals surface area (Å²) in [5.74, 6) is -0.225. The highest BCUT2D eigenvalue weighted by Gasteiger charge is 2.29. The lowest BCUT2D eigenvalue weighted by Crippen LogP contribution is -3.15. The topological polar surface area (TPSA) is 85.2 Å². The molecule has 37 heavy (non-hydrogen) atoms. The zero-order valence-electron chi connectivity index (χ0n) is 22.2. The summed E-state index contributed by atoms with van der Waals surface area (Å²) in [4.78, 5) is 16.1. The maximum atomic E-state index is 14.1. The van der Waals surface area contributed by atoms with Crippen LogP contribution in [-0.2, 0) is 13.1 Å². The van der Waals surface area contributed by atoms with Gasteiger partial charge in [0.25, 0.3) is 0 Å². The lowest BCUT2D eigenvalue weighted by molar-refractivity contribution is -0.944. The minimum absolute atomic E-state index is 0.0539. The molecular weight excluding hydrogens is 464 g/mol. The molecular formula is C31H40N2O4. The number of likely N-dealkylation sites (tertiary alicyclic amines) is 2. The molecule has 2 N–H and O–H groups in total. The summed E-state index contributed by atoms with van der Waals surface area (Å²) in [5.41, 5.74) is 1.41. The molecule has 6 heteroatoms. The minimum atomic E-state index is -0.425. The number of hydrogen-bond acceptors (Lipinski definition) is 4. The summed E-state index contributed by atoms with van der Waals surface area (Å²) in [6.45, 7) is 7.23. The first kappa shape index (κ1) is 25.8. The Labute approximate surface area is 219 Å². The quantitative estimate of drug-likeness (QED) is 0.517. The molecule has 0 spiro atoms. The molecule has 0 saturated carbocycles. The van der Waals surface area contributed by atoms with Gasteiger partial charge in [-0.2, -0.15) is 0 Å². The lowest BCUT2D eigenvalue weighted by atomic mass is 9.95. The van der Waals surface area contributed by atoms with Crippen molar-refractivity contribution in [3.05, 3.63) is 57.7 Å². The van der Waals surface area contributed by atoms with Crippen molar-refractivity contribution in [2.45, 2.75) is 90.4 Å². The molecule has 4 unspecified atom stereocenters. The summed E-state index contributed by atoms with van der Waals surface area (Å²) in [7, 11) is 0. The molecule has 2 fully saturated rings. The molecule has 2 aliphatic rings. The van der Waals surface area contributed by atoms with Crippen molar-refractivity contribution >= 4 is 11.0 Å². The van der Waals surface area contributed by atoms with Crippen LogP contribution in [0.5, 0.6) is 11.5 Å². The first-order valence-corrected chi connectivity index (χ1v) is 14.3. The van der Waals surface area contributed by atoms with Crippen LogP contribution in [0.3, 0.4) is 0 Å². The van der Waals surface area contributed by atoms with Crippen LogP contribution in [0.4, 0.5) is 0 Å². The fraction of sp³-hybridized carbons (Fsp3) is 0.516. The molecule has 3 heterocycles. The average molecular weight is 505 g/mol. The first-order valence-electron chi connectivity index (χ1n) is 14.3. The van der Waals surface area contributed by atoms with Gasteiger partial charge in [0.2, 0.25) is 0 Å². The van der Waals surface area contributed by atoms with Crippen LogP contribution >= 0.6 is 0 Å². The number of quaternary nitrogens is 2. The van der Waals surface area contributed by atoms with Crippen molar-refractivity contribution in [3.63, 3.8) is 0 Å². The monoisotopic (exact) mass is 504 g/mol. The third kappa shape index (κ3) is 5.14. The molecule has 0 aliphatic carbocycles. The second kappa shape index (κ2) is 11.3. The molecule has 0 bridgehead atoms. The van der Waals surface area contributed by atoms with Gasteiger partial charge >= 0.3 is 0 Å². The largest absolute Gasteiger partial charge is 0.872 e. The molecule has 0 radical (unpaired) electrons. The van der Waals surface area contributed by atoms with E-state index in [2.05, 4.69) is 13.8 Å². The van der Waals surface area contributed by atoms with E-state index in [-0.39, 0.29) is 27.7 Å². The first-order chi connectivity index (χ1) is 18.0. The Hall–Kier alpha value is -2.83. The number of rotatable bonds is 7.